The van der Waals surface area contributed by atoms with E-state index in [1.165, 1.54) is 0 Å². The van der Waals surface area contributed by atoms with E-state index in [0.29, 0.717) is 25.5 Å². The number of rotatable bonds is 9. The molecule has 0 atom stereocenters. The van der Waals surface area contributed by atoms with Crippen LogP contribution >= 0.6 is 7.60 Å². The van der Waals surface area contributed by atoms with E-state index in [2.05, 4.69) is 4.98 Å². The van der Waals surface area contributed by atoms with Crippen molar-refractivity contribution in [2.75, 3.05) is 20.3 Å². The summed E-state index contributed by atoms with van der Waals surface area (Å²) in [6, 6.07) is 7.85. The van der Waals surface area contributed by atoms with E-state index < -0.39 is 7.60 Å². The van der Waals surface area contributed by atoms with Gasteiger partial charge in [-0.2, -0.15) is 0 Å². The van der Waals surface area contributed by atoms with Crippen molar-refractivity contribution in [1.82, 2.24) is 9.55 Å². The lowest BCUT2D eigenvalue weighted by atomic mass is 10.2. The van der Waals surface area contributed by atoms with Gasteiger partial charge in [0.2, 0.25) is 0 Å². The van der Waals surface area contributed by atoms with Crippen molar-refractivity contribution >= 4 is 7.60 Å². The second-order valence-electron chi connectivity index (χ2n) is 4.99. The molecule has 0 saturated carbocycles. The number of nitrogens with zero attached hydrogens (tertiary/aromatic N) is 2. The van der Waals surface area contributed by atoms with E-state index >= 15 is 0 Å². The summed E-state index contributed by atoms with van der Waals surface area (Å²) in [4.78, 5) is 4.30. The second kappa shape index (κ2) is 8.29. The largest absolute Gasteiger partial charge is 0.497 e. The van der Waals surface area contributed by atoms with Gasteiger partial charge in [-0.1, -0.05) is 12.1 Å². The first-order valence-corrected chi connectivity index (χ1v) is 9.33. The Balaban J connectivity index is 2.03. The van der Waals surface area contributed by atoms with E-state index in [1.54, 1.807) is 27.3 Å². The summed E-state index contributed by atoms with van der Waals surface area (Å²) >= 11 is 0. The third kappa shape index (κ3) is 5.20. The van der Waals surface area contributed by atoms with Crippen molar-refractivity contribution in [1.29, 1.82) is 0 Å². The van der Waals surface area contributed by atoms with Crippen LogP contribution in [0.5, 0.6) is 5.75 Å². The van der Waals surface area contributed by atoms with Gasteiger partial charge in [-0.3, -0.25) is 4.57 Å². The predicted molar refractivity (Wildman–Crippen MR) is 88.9 cm³/mol. The first kappa shape index (κ1) is 17.7. The van der Waals surface area contributed by atoms with Crippen molar-refractivity contribution in [3.8, 4) is 5.75 Å². The molecule has 2 aromatic rings. The summed E-state index contributed by atoms with van der Waals surface area (Å²) in [6.07, 6.45) is 3.78. The average Bonchev–Trinajstić information content (AvgIpc) is 2.95. The van der Waals surface area contributed by atoms with Gasteiger partial charge in [-0.25, -0.2) is 4.98 Å². The van der Waals surface area contributed by atoms with Crippen LogP contribution < -0.4 is 4.74 Å². The Morgan fingerprint density at radius 3 is 2.35 bits per heavy atom. The summed E-state index contributed by atoms with van der Waals surface area (Å²) in [5.74, 6) is 0.828. The molecule has 0 aliphatic rings. The zero-order valence-electron chi connectivity index (χ0n) is 13.8. The highest BCUT2D eigenvalue weighted by Crippen LogP contribution is 2.50. The molecule has 0 radical (unpaired) electrons. The first-order chi connectivity index (χ1) is 11.1. The summed E-state index contributed by atoms with van der Waals surface area (Å²) in [6.45, 7) is 4.99. The zero-order chi connectivity index (χ0) is 16.7. The minimum absolute atomic E-state index is 0.185. The van der Waals surface area contributed by atoms with Crippen molar-refractivity contribution in [3.63, 3.8) is 0 Å². The highest BCUT2D eigenvalue weighted by atomic mass is 31.2. The fourth-order valence-electron chi connectivity index (χ4n) is 2.24. The van der Waals surface area contributed by atoms with E-state index in [0.717, 1.165) is 11.3 Å². The standard InChI is InChI=1S/C16H23N2O4P/c1-4-21-23(19,22-5-2)12-15-11-18(13-17-15)10-14-6-8-16(20-3)9-7-14/h6-9,11,13H,4-5,10,12H2,1-3H3. The van der Waals surface area contributed by atoms with E-state index in [-0.39, 0.29) is 6.16 Å². The minimum Gasteiger partial charge on any atom is -0.497 e. The number of ether oxygens (including phenoxy) is 1. The molecule has 0 aliphatic heterocycles. The predicted octanol–water partition coefficient (Wildman–Crippen LogP) is 3.71. The summed E-state index contributed by atoms with van der Waals surface area (Å²) in [5, 5.41) is 0. The zero-order valence-corrected chi connectivity index (χ0v) is 14.7. The van der Waals surface area contributed by atoms with Crippen molar-refractivity contribution in [2.45, 2.75) is 26.6 Å². The maximum Gasteiger partial charge on any atom is 0.336 e. The monoisotopic (exact) mass is 338 g/mol. The number of benzene rings is 1. The van der Waals surface area contributed by atoms with E-state index in [9.17, 15) is 4.57 Å². The van der Waals surface area contributed by atoms with Gasteiger partial charge in [0.1, 0.15) is 5.75 Å². The van der Waals surface area contributed by atoms with Gasteiger partial charge in [0, 0.05) is 12.7 Å². The first-order valence-electron chi connectivity index (χ1n) is 7.60. The molecule has 0 bridgehead atoms. The molecule has 0 unspecified atom stereocenters. The van der Waals surface area contributed by atoms with Crippen molar-refractivity contribution in [2.24, 2.45) is 0 Å². The average molecular weight is 338 g/mol. The second-order valence-corrected chi connectivity index (χ2v) is 7.04. The van der Waals surface area contributed by atoms with Crippen LogP contribution in [0.3, 0.4) is 0 Å². The molecule has 0 saturated heterocycles. The van der Waals surface area contributed by atoms with Crippen molar-refractivity contribution < 1.29 is 18.3 Å². The van der Waals surface area contributed by atoms with Crippen LogP contribution in [0, 0.1) is 0 Å². The molecule has 1 aromatic heterocycles. The molecule has 6 nitrogen and oxygen atoms in total. The van der Waals surface area contributed by atoms with Crippen LogP contribution in [-0.4, -0.2) is 29.9 Å². The summed E-state index contributed by atoms with van der Waals surface area (Å²) in [7, 11) is -1.47. The highest BCUT2D eigenvalue weighted by molar-refractivity contribution is 7.53. The maximum atomic E-state index is 12.5. The van der Waals surface area contributed by atoms with Gasteiger partial charge >= 0.3 is 7.60 Å². The summed E-state index contributed by atoms with van der Waals surface area (Å²) in [5.41, 5.74) is 1.83. The molecule has 0 spiro atoms. The van der Waals surface area contributed by atoms with Crippen LogP contribution in [0.25, 0.3) is 0 Å². The molecule has 2 rings (SSSR count). The Bertz CT molecular complexity index is 644. The fourth-order valence-corrected chi connectivity index (χ4v) is 3.84. The molecule has 0 fully saturated rings. The molecule has 126 valence electrons. The van der Waals surface area contributed by atoms with Crippen molar-refractivity contribution in [3.05, 3.63) is 48.0 Å². The minimum atomic E-state index is -3.11. The molecule has 7 heteroatoms. The highest BCUT2D eigenvalue weighted by Gasteiger charge is 2.25. The van der Waals surface area contributed by atoms with E-state index in [1.807, 2.05) is 35.0 Å². The Morgan fingerprint density at radius 2 is 1.78 bits per heavy atom. The van der Waals surface area contributed by atoms with Crippen LogP contribution in [0.4, 0.5) is 0 Å². The summed E-state index contributed by atoms with van der Waals surface area (Å²) < 4.78 is 30.2. The molecule has 1 aromatic carbocycles. The fraction of sp³-hybridized carbons (Fsp3) is 0.438. The normalized spacial score (nSPS) is 11.6. The van der Waals surface area contributed by atoms with Gasteiger partial charge in [0.25, 0.3) is 0 Å². The number of hydrogen-bond acceptors (Lipinski definition) is 5. The number of hydrogen-bond donors (Lipinski definition) is 0. The molecule has 0 aliphatic carbocycles. The number of aromatic nitrogens is 2. The quantitative estimate of drug-likeness (QED) is 0.652. The molecule has 0 amide bonds. The smallest absolute Gasteiger partial charge is 0.336 e. The van der Waals surface area contributed by atoms with Gasteiger partial charge in [0.15, 0.2) is 0 Å². The Morgan fingerprint density at radius 1 is 1.13 bits per heavy atom. The third-order valence-corrected chi connectivity index (χ3v) is 5.23. The number of imidazole rings is 1. The van der Waals surface area contributed by atoms with Crippen LogP contribution in [0.2, 0.25) is 0 Å². The Kier molecular flexibility index (Phi) is 6.39. The van der Waals surface area contributed by atoms with Gasteiger partial charge < -0.3 is 18.4 Å². The van der Waals surface area contributed by atoms with Gasteiger partial charge in [-0.15, -0.1) is 0 Å². The lowest BCUT2D eigenvalue weighted by Crippen LogP contribution is -1.99. The molecule has 1 heterocycles. The third-order valence-electron chi connectivity index (χ3n) is 3.22. The molecular formula is C16H23N2O4P. The van der Waals surface area contributed by atoms with Gasteiger partial charge in [0.05, 0.1) is 38.5 Å². The number of methoxy groups -OCH3 is 1. The van der Waals surface area contributed by atoms with Crippen LogP contribution in [0.15, 0.2) is 36.8 Å². The van der Waals surface area contributed by atoms with Crippen LogP contribution in [-0.2, 0) is 26.3 Å². The Hall–Kier alpha value is -1.62. The lowest BCUT2D eigenvalue weighted by Gasteiger charge is -2.15. The molecule has 0 N–H and O–H groups in total. The topological polar surface area (TPSA) is 62.6 Å². The van der Waals surface area contributed by atoms with E-state index in [4.69, 9.17) is 13.8 Å². The lowest BCUT2D eigenvalue weighted by molar-refractivity contribution is 0.219. The SMILES string of the molecule is CCOP(=O)(Cc1cn(Cc2ccc(OC)cc2)cn1)OCC. The Labute approximate surface area is 136 Å². The van der Waals surface area contributed by atoms with Gasteiger partial charge in [-0.05, 0) is 31.5 Å². The van der Waals surface area contributed by atoms with Crippen LogP contribution in [0.1, 0.15) is 25.1 Å². The molecular weight excluding hydrogens is 315 g/mol. The molecule has 23 heavy (non-hydrogen) atoms. The maximum absolute atomic E-state index is 12.5.